The number of nitrogens with one attached hydrogen (secondary N) is 1. The molecule has 0 saturated carbocycles. The molecule has 1 N–H and O–H groups in total. The Labute approximate surface area is 175 Å². The van der Waals surface area contributed by atoms with Crippen LogP contribution in [0.2, 0.25) is 0 Å². The van der Waals surface area contributed by atoms with Crippen molar-refractivity contribution in [1.82, 2.24) is 19.9 Å². The minimum absolute atomic E-state index is 0.0421. The highest BCUT2D eigenvalue weighted by molar-refractivity contribution is 5.96. The van der Waals surface area contributed by atoms with Crippen LogP contribution in [-0.2, 0) is 17.6 Å². The number of aromatic nitrogens is 3. The number of ether oxygens (including phenoxy) is 1. The summed E-state index contributed by atoms with van der Waals surface area (Å²) in [4.78, 5) is 21.9. The van der Waals surface area contributed by atoms with Crippen molar-refractivity contribution in [3.8, 4) is 5.75 Å². The van der Waals surface area contributed by atoms with Gasteiger partial charge in [0.25, 0.3) is 0 Å². The van der Waals surface area contributed by atoms with Crippen LogP contribution in [-0.4, -0.2) is 60.8 Å². The van der Waals surface area contributed by atoms with Crippen molar-refractivity contribution in [3.05, 3.63) is 47.8 Å². The molecule has 2 aliphatic rings. The molecule has 156 valence electrons. The lowest BCUT2D eigenvalue weighted by Gasteiger charge is -2.42. The van der Waals surface area contributed by atoms with Gasteiger partial charge in [-0.1, -0.05) is 6.07 Å². The van der Waals surface area contributed by atoms with Crippen molar-refractivity contribution < 1.29 is 9.53 Å². The van der Waals surface area contributed by atoms with Crippen LogP contribution in [0.3, 0.4) is 0 Å². The number of fused-ring (bicyclic) bond motifs is 2. The number of nitrogens with zero attached hydrogens (tertiary/aromatic N) is 5. The van der Waals surface area contributed by atoms with Crippen LogP contribution in [0.25, 0.3) is 5.65 Å². The Bertz CT molecular complexity index is 1090. The van der Waals surface area contributed by atoms with Gasteiger partial charge in [0.1, 0.15) is 11.6 Å². The molecular formula is C22H26N6O2. The normalized spacial score (nSPS) is 16.7. The quantitative estimate of drug-likeness (QED) is 0.708. The standard InChI is InChI=1S/C22H26N6O2/c1-26(16-4-3-5-17(12-16)30-2)22(29)15-13-27(14-15)21-18-6-9-23-10-7-19(18)25-20-8-11-24-28(20)21/h3-5,8,11-12,15,23H,6-7,9-10,13-14H2,1-2H3. The Hall–Kier alpha value is -3.13. The molecule has 1 fully saturated rings. The fraction of sp³-hybridized carbons (Fsp3) is 0.409. The van der Waals surface area contributed by atoms with Crippen LogP contribution in [0.5, 0.6) is 5.75 Å². The van der Waals surface area contributed by atoms with Gasteiger partial charge in [0.05, 0.1) is 24.9 Å². The van der Waals surface area contributed by atoms with E-state index in [1.807, 2.05) is 41.9 Å². The van der Waals surface area contributed by atoms with E-state index in [9.17, 15) is 4.79 Å². The summed E-state index contributed by atoms with van der Waals surface area (Å²) in [5, 5.41) is 7.97. The second-order valence-corrected chi connectivity index (χ2v) is 7.91. The Balaban J connectivity index is 1.38. The van der Waals surface area contributed by atoms with Crippen LogP contribution in [0, 0.1) is 5.92 Å². The lowest BCUT2D eigenvalue weighted by Crippen LogP contribution is -2.55. The van der Waals surface area contributed by atoms with Gasteiger partial charge in [-0.3, -0.25) is 4.79 Å². The Kier molecular flexibility index (Phi) is 4.78. The first kappa shape index (κ1) is 18.9. The predicted molar refractivity (Wildman–Crippen MR) is 115 cm³/mol. The molecule has 0 bridgehead atoms. The molecule has 2 aliphatic heterocycles. The summed E-state index contributed by atoms with van der Waals surface area (Å²) < 4.78 is 7.22. The van der Waals surface area contributed by atoms with E-state index in [4.69, 9.17) is 9.72 Å². The number of methoxy groups -OCH3 is 1. The minimum Gasteiger partial charge on any atom is -0.497 e. The van der Waals surface area contributed by atoms with Crippen molar-refractivity contribution >= 4 is 23.1 Å². The maximum atomic E-state index is 13.1. The number of hydrogen-bond acceptors (Lipinski definition) is 6. The molecule has 4 heterocycles. The summed E-state index contributed by atoms with van der Waals surface area (Å²) in [7, 11) is 3.46. The van der Waals surface area contributed by atoms with Crippen LogP contribution in [0.15, 0.2) is 36.5 Å². The monoisotopic (exact) mass is 406 g/mol. The summed E-state index contributed by atoms with van der Waals surface area (Å²) in [5.41, 5.74) is 4.11. The SMILES string of the molecule is COc1cccc(N(C)C(=O)C2CN(c3c4c(nc5ccnn35)CCNCC4)C2)c1. The number of rotatable bonds is 4. The van der Waals surface area contributed by atoms with E-state index in [0.717, 1.165) is 54.5 Å². The van der Waals surface area contributed by atoms with E-state index in [0.29, 0.717) is 13.1 Å². The van der Waals surface area contributed by atoms with Gasteiger partial charge in [-0.05, 0) is 25.1 Å². The van der Waals surface area contributed by atoms with Crippen LogP contribution in [0.1, 0.15) is 11.3 Å². The molecule has 0 radical (unpaired) electrons. The number of amides is 1. The van der Waals surface area contributed by atoms with Gasteiger partial charge in [-0.15, -0.1) is 0 Å². The summed E-state index contributed by atoms with van der Waals surface area (Å²) >= 11 is 0. The van der Waals surface area contributed by atoms with Crippen molar-refractivity contribution in [3.63, 3.8) is 0 Å². The number of benzene rings is 1. The molecule has 8 nitrogen and oxygen atoms in total. The van der Waals surface area contributed by atoms with E-state index < -0.39 is 0 Å². The van der Waals surface area contributed by atoms with Gasteiger partial charge in [0, 0.05) is 56.5 Å². The topological polar surface area (TPSA) is 75.0 Å². The molecule has 1 saturated heterocycles. The van der Waals surface area contributed by atoms with Gasteiger partial charge < -0.3 is 19.9 Å². The molecule has 5 rings (SSSR count). The van der Waals surface area contributed by atoms with E-state index in [1.54, 1.807) is 18.2 Å². The molecule has 1 aromatic carbocycles. The highest BCUT2D eigenvalue weighted by atomic mass is 16.5. The fourth-order valence-corrected chi connectivity index (χ4v) is 4.37. The molecule has 0 unspecified atom stereocenters. The van der Waals surface area contributed by atoms with E-state index in [-0.39, 0.29) is 11.8 Å². The number of anilines is 2. The molecule has 2 aromatic heterocycles. The first-order chi connectivity index (χ1) is 14.7. The molecule has 30 heavy (non-hydrogen) atoms. The Morgan fingerprint density at radius 3 is 2.90 bits per heavy atom. The largest absolute Gasteiger partial charge is 0.497 e. The van der Waals surface area contributed by atoms with Crippen molar-refractivity contribution in [2.24, 2.45) is 5.92 Å². The maximum Gasteiger partial charge on any atom is 0.233 e. The zero-order chi connectivity index (χ0) is 20.7. The van der Waals surface area contributed by atoms with Crippen LogP contribution >= 0.6 is 0 Å². The average Bonchev–Trinajstić information content (AvgIpc) is 3.08. The minimum atomic E-state index is -0.0421. The number of carbonyl (C=O) groups is 1. The van der Waals surface area contributed by atoms with Crippen molar-refractivity contribution in [2.45, 2.75) is 12.8 Å². The third-order valence-corrected chi connectivity index (χ3v) is 6.08. The Morgan fingerprint density at radius 1 is 1.23 bits per heavy atom. The zero-order valence-corrected chi connectivity index (χ0v) is 17.3. The summed E-state index contributed by atoms with van der Waals surface area (Å²) in [6.45, 7) is 3.25. The lowest BCUT2D eigenvalue weighted by molar-refractivity contribution is -0.122. The molecule has 0 spiro atoms. The summed E-state index contributed by atoms with van der Waals surface area (Å²) in [6.07, 6.45) is 3.63. The zero-order valence-electron chi connectivity index (χ0n) is 17.3. The van der Waals surface area contributed by atoms with Crippen molar-refractivity contribution in [1.29, 1.82) is 0 Å². The van der Waals surface area contributed by atoms with Gasteiger partial charge in [-0.25, -0.2) is 4.98 Å². The van der Waals surface area contributed by atoms with Crippen molar-refractivity contribution in [2.75, 3.05) is 50.1 Å². The lowest BCUT2D eigenvalue weighted by atomic mass is 9.96. The van der Waals surface area contributed by atoms with Gasteiger partial charge >= 0.3 is 0 Å². The van der Waals surface area contributed by atoms with Crippen LogP contribution < -0.4 is 19.9 Å². The Morgan fingerprint density at radius 2 is 2.07 bits per heavy atom. The highest BCUT2D eigenvalue weighted by Gasteiger charge is 2.37. The second kappa shape index (κ2) is 7.60. The molecule has 0 aliphatic carbocycles. The second-order valence-electron chi connectivity index (χ2n) is 7.91. The number of carbonyl (C=O) groups excluding carboxylic acids is 1. The summed E-state index contributed by atoms with van der Waals surface area (Å²) in [5.74, 6) is 1.92. The van der Waals surface area contributed by atoms with E-state index in [2.05, 4.69) is 15.3 Å². The first-order valence-electron chi connectivity index (χ1n) is 10.4. The van der Waals surface area contributed by atoms with E-state index in [1.165, 1.54) is 5.56 Å². The molecule has 8 heteroatoms. The third kappa shape index (κ3) is 3.17. The van der Waals surface area contributed by atoms with Gasteiger partial charge in [0.15, 0.2) is 5.65 Å². The summed E-state index contributed by atoms with van der Waals surface area (Å²) in [6, 6.07) is 9.55. The molecule has 0 atom stereocenters. The maximum absolute atomic E-state index is 13.1. The molecule has 3 aromatic rings. The smallest absolute Gasteiger partial charge is 0.233 e. The average molecular weight is 406 g/mol. The van der Waals surface area contributed by atoms with E-state index >= 15 is 0 Å². The highest BCUT2D eigenvalue weighted by Crippen LogP contribution is 2.32. The number of hydrogen-bond donors (Lipinski definition) is 1. The first-order valence-corrected chi connectivity index (χ1v) is 10.4. The third-order valence-electron chi connectivity index (χ3n) is 6.08. The van der Waals surface area contributed by atoms with Crippen LogP contribution in [0.4, 0.5) is 11.5 Å². The molecule has 1 amide bonds. The van der Waals surface area contributed by atoms with Gasteiger partial charge in [-0.2, -0.15) is 9.61 Å². The fourth-order valence-electron chi connectivity index (χ4n) is 4.37. The molecular weight excluding hydrogens is 380 g/mol. The van der Waals surface area contributed by atoms with Gasteiger partial charge in [0.2, 0.25) is 5.91 Å². The predicted octanol–water partition coefficient (Wildman–Crippen LogP) is 1.53.